The van der Waals surface area contributed by atoms with Crippen molar-refractivity contribution in [3.05, 3.63) is 63.6 Å². The summed E-state index contributed by atoms with van der Waals surface area (Å²) in [5.41, 5.74) is -0.242. The number of nitrogens with zero attached hydrogens (tertiary/aromatic N) is 1. The van der Waals surface area contributed by atoms with Gasteiger partial charge >= 0.3 is 12.6 Å². The zero-order valence-electron chi connectivity index (χ0n) is 14.0. The van der Waals surface area contributed by atoms with Gasteiger partial charge in [0.25, 0.3) is 5.91 Å². The van der Waals surface area contributed by atoms with Crippen molar-refractivity contribution in [2.45, 2.75) is 25.6 Å². The monoisotopic (exact) mass is 414 g/mol. The lowest BCUT2D eigenvalue weighted by Crippen LogP contribution is -2.40. The fourth-order valence-electron chi connectivity index (χ4n) is 2.83. The van der Waals surface area contributed by atoms with Gasteiger partial charge in [-0.25, -0.2) is 4.79 Å². The van der Waals surface area contributed by atoms with Crippen LogP contribution in [0, 0.1) is 0 Å². The van der Waals surface area contributed by atoms with E-state index in [9.17, 15) is 18.4 Å². The number of ether oxygens (including phenoxy) is 1. The second kappa shape index (κ2) is 7.32. The fraction of sp³-hybridized carbons (Fsp3) is 0.222. The highest BCUT2D eigenvalue weighted by atomic mass is 35.5. The van der Waals surface area contributed by atoms with Crippen molar-refractivity contribution < 1.29 is 23.1 Å². The summed E-state index contributed by atoms with van der Waals surface area (Å²) in [4.78, 5) is 26.3. The molecule has 3 amide bonds. The van der Waals surface area contributed by atoms with E-state index in [0.717, 1.165) is 4.90 Å². The second-order valence-electron chi connectivity index (χ2n) is 6.10. The summed E-state index contributed by atoms with van der Waals surface area (Å²) in [6, 6.07) is 9.80. The first-order valence-corrected chi connectivity index (χ1v) is 8.59. The molecule has 1 heterocycles. The Balaban J connectivity index is 1.82. The first-order valence-electron chi connectivity index (χ1n) is 7.84. The molecule has 1 N–H and O–H groups in total. The van der Waals surface area contributed by atoms with Gasteiger partial charge in [-0.05, 0) is 42.3 Å². The normalized spacial score (nSPS) is 19.6. The first-order chi connectivity index (χ1) is 12.7. The predicted octanol–water partition coefficient (Wildman–Crippen LogP) is 4.56. The van der Waals surface area contributed by atoms with Gasteiger partial charge in [-0.1, -0.05) is 41.4 Å². The van der Waals surface area contributed by atoms with Crippen LogP contribution in [0.2, 0.25) is 10.0 Å². The summed E-state index contributed by atoms with van der Waals surface area (Å²) >= 11 is 11.8. The lowest BCUT2D eigenvalue weighted by Gasteiger charge is -2.22. The largest absolute Gasteiger partial charge is 0.435 e. The molecule has 9 heteroatoms. The molecule has 1 aliphatic rings. The maximum atomic E-state index is 12.9. The van der Waals surface area contributed by atoms with E-state index >= 15 is 0 Å². The van der Waals surface area contributed by atoms with Crippen LogP contribution in [0.25, 0.3) is 0 Å². The number of carbonyl (C=O) groups excluding carboxylic acids is 2. The van der Waals surface area contributed by atoms with Crippen molar-refractivity contribution in [2.75, 3.05) is 0 Å². The van der Waals surface area contributed by atoms with Crippen LogP contribution in [-0.2, 0) is 16.9 Å². The molecule has 2 aromatic rings. The molecule has 1 atom stereocenters. The van der Waals surface area contributed by atoms with E-state index < -0.39 is 24.1 Å². The van der Waals surface area contributed by atoms with Crippen molar-refractivity contribution >= 4 is 35.1 Å². The van der Waals surface area contributed by atoms with Gasteiger partial charge in [-0.3, -0.25) is 9.69 Å². The van der Waals surface area contributed by atoms with Crippen LogP contribution in [0.5, 0.6) is 5.75 Å². The van der Waals surface area contributed by atoms with Crippen LogP contribution < -0.4 is 10.1 Å². The quantitative estimate of drug-likeness (QED) is 0.729. The minimum atomic E-state index is -2.94. The zero-order chi connectivity index (χ0) is 19.8. The Morgan fingerprint density at radius 1 is 1.11 bits per heavy atom. The molecule has 0 aliphatic carbocycles. The maximum Gasteiger partial charge on any atom is 0.387 e. The Hall–Kier alpha value is -2.38. The number of benzene rings is 2. The molecule has 0 saturated carbocycles. The number of halogens is 4. The molecule has 142 valence electrons. The van der Waals surface area contributed by atoms with Crippen LogP contribution in [0.1, 0.15) is 18.1 Å². The smallest absolute Gasteiger partial charge is 0.387 e. The van der Waals surface area contributed by atoms with Gasteiger partial charge in [-0.2, -0.15) is 8.78 Å². The standard InChI is InChI=1S/C18H14Cl2F2N2O3/c1-18(11-3-5-12(6-4-11)27-16(21)22)15(25)24(17(26)23-18)9-10-2-7-13(19)14(20)8-10/h2-8,16H,9H2,1H3,(H,23,26). The number of imide groups is 1. The highest BCUT2D eigenvalue weighted by molar-refractivity contribution is 6.42. The first kappa shape index (κ1) is 19.4. The Labute approximate surface area is 163 Å². The highest BCUT2D eigenvalue weighted by Crippen LogP contribution is 2.32. The van der Waals surface area contributed by atoms with E-state index in [0.29, 0.717) is 21.2 Å². The summed E-state index contributed by atoms with van der Waals surface area (Å²) < 4.78 is 28.8. The molecule has 0 radical (unpaired) electrons. The molecule has 1 fully saturated rings. The number of amides is 3. The minimum Gasteiger partial charge on any atom is -0.435 e. The van der Waals surface area contributed by atoms with E-state index in [1.54, 1.807) is 25.1 Å². The number of nitrogens with one attached hydrogen (secondary N) is 1. The summed E-state index contributed by atoms with van der Waals surface area (Å²) in [6.45, 7) is -1.38. The van der Waals surface area contributed by atoms with E-state index in [-0.39, 0.29) is 12.3 Å². The van der Waals surface area contributed by atoms with Crippen LogP contribution in [0.4, 0.5) is 13.6 Å². The highest BCUT2D eigenvalue weighted by Gasteiger charge is 2.48. The van der Waals surface area contributed by atoms with Gasteiger partial charge < -0.3 is 10.1 Å². The molecular weight excluding hydrogens is 401 g/mol. The number of carbonyl (C=O) groups is 2. The Bertz CT molecular complexity index is 893. The van der Waals surface area contributed by atoms with E-state index in [2.05, 4.69) is 10.1 Å². The Kier molecular flexibility index (Phi) is 5.26. The number of hydrogen-bond acceptors (Lipinski definition) is 3. The topological polar surface area (TPSA) is 58.6 Å². The van der Waals surface area contributed by atoms with E-state index in [4.69, 9.17) is 23.2 Å². The summed E-state index contributed by atoms with van der Waals surface area (Å²) in [5.74, 6) is -0.511. The van der Waals surface area contributed by atoms with Crippen molar-refractivity contribution in [3.63, 3.8) is 0 Å². The Morgan fingerprint density at radius 2 is 1.78 bits per heavy atom. The molecule has 0 aromatic heterocycles. The van der Waals surface area contributed by atoms with Gasteiger partial charge in [0.1, 0.15) is 11.3 Å². The third-order valence-electron chi connectivity index (χ3n) is 4.26. The molecule has 1 unspecified atom stereocenters. The molecule has 1 aliphatic heterocycles. The molecule has 2 aromatic carbocycles. The minimum absolute atomic E-state index is 0.0176. The summed E-state index contributed by atoms with van der Waals surface area (Å²) in [5, 5.41) is 3.33. The van der Waals surface area contributed by atoms with E-state index in [1.807, 2.05) is 0 Å². The second-order valence-corrected chi connectivity index (χ2v) is 6.91. The Morgan fingerprint density at radius 3 is 2.37 bits per heavy atom. The third kappa shape index (κ3) is 3.84. The van der Waals surface area contributed by atoms with Crippen molar-refractivity contribution in [2.24, 2.45) is 0 Å². The molecule has 0 spiro atoms. The lowest BCUT2D eigenvalue weighted by molar-refractivity contribution is -0.131. The fourth-order valence-corrected chi connectivity index (χ4v) is 3.15. The average Bonchev–Trinajstić information content (AvgIpc) is 2.82. The van der Waals surface area contributed by atoms with Gasteiger partial charge in [0.2, 0.25) is 0 Å². The average molecular weight is 415 g/mol. The van der Waals surface area contributed by atoms with Crippen molar-refractivity contribution in [3.8, 4) is 5.75 Å². The third-order valence-corrected chi connectivity index (χ3v) is 5.00. The van der Waals surface area contributed by atoms with Gasteiger partial charge in [0, 0.05) is 0 Å². The molecular formula is C18H14Cl2F2N2O3. The number of rotatable bonds is 5. The number of urea groups is 1. The lowest BCUT2D eigenvalue weighted by atomic mass is 9.92. The zero-order valence-corrected chi connectivity index (χ0v) is 15.5. The van der Waals surface area contributed by atoms with Crippen LogP contribution in [0.15, 0.2) is 42.5 Å². The maximum absolute atomic E-state index is 12.9. The summed E-state index contributed by atoms with van der Waals surface area (Å²) in [6.07, 6.45) is 0. The SMILES string of the molecule is CC1(c2ccc(OC(F)F)cc2)NC(=O)N(Cc2ccc(Cl)c(Cl)c2)C1=O. The van der Waals surface area contributed by atoms with Crippen molar-refractivity contribution in [1.82, 2.24) is 10.2 Å². The molecule has 5 nitrogen and oxygen atoms in total. The van der Waals surface area contributed by atoms with Gasteiger partial charge in [0.05, 0.1) is 16.6 Å². The van der Waals surface area contributed by atoms with Crippen LogP contribution in [0.3, 0.4) is 0 Å². The van der Waals surface area contributed by atoms with Crippen LogP contribution in [-0.4, -0.2) is 23.4 Å². The predicted molar refractivity (Wildman–Crippen MR) is 96.0 cm³/mol. The van der Waals surface area contributed by atoms with Gasteiger partial charge in [0.15, 0.2) is 0 Å². The van der Waals surface area contributed by atoms with Crippen molar-refractivity contribution in [1.29, 1.82) is 0 Å². The number of hydrogen-bond donors (Lipinski definition) is 1. The molecule has 1 saturated heterocycles. The number of alkyl halides is 2. The van der Waals surface area contributed by atoms with Gasteiger partial charge in [-0.15, -0.1) is 0 Å². The molecule has 27 heavy (non-hydrogen) atoms. The van der Waals surface area contributed by atoms with E-state index in [1.165, 1.54) is 24.3 Å². The van der Waals surface area contributed by atoms with Crippen LogP contribution >= 0.6 is 23.2 Å². The molecule has 3 rings (SSSR count). The summed E-state index contributed by atoms with van der Waals surface area (Å²) in [7, 11) is 0. The molecule has 0 bridgehead atoms.